The largest absolute Gasteiger partial charge is 0.381 e. The molecule has 0 bridgehead atoms. The number of halogens is 1. The van der Waals surface area contributed by atoms with E-state index in [1.165, 1.54) is 5.56 Å². The minimum Gasteiger partial charge on any atom is -0.381 e. The van der Waals surface area contributed by atoms with Crippen LogP contribution in [0.25, 0.3) is 0 Å². The second-order valence-electron chi connectivity index (χ2n) is 7.35. The van der Waals surface area contributed by atoms with Crippen molar-refractivity contribution in [3.8, 4) is 0 Å². The van der Waals surface area contributed by atoms with Crippen LogP contribution >= 0.6 is 15.9 Å². The molecule has 3 fully saturated rings. The van der Waals surface area contributed by atoms with Gasteiger partial charge in [0.2, 0.25) is 0 Å². The number of rotatable bonds is 1. The van der Waals surface area contributed by atoms with Gasteiger partial charge in [-0.2, -0.15) is 0 Å². The summed E-state index contributed by atoms with van der Waals surface area (Å²) in [6, 6.07) is 5.69. The Kier molecular flexibility index (Phi) is 2.53. The summed E-state index contributed by atoms with van der Waals surface area (Å²) in [4.78, 5) is 24.9. The highest BCUT2D eigenvalue weighted by Gasteiger charge is 2.74. The molecule has 1 aromatic rings. The Morgan fingerprint density at radius 1 is 1.26 bits per heavy atom. The molecule has 0 aromatic heterocycles. The van der Waals surface area contributed by atoms with Crippen molar-refractivity contribution in [2.24, 2.45) is 17.3 Å². The van der Waals surface area contributed by atoms with Crippen LogP contribution in [0, 0.1) is 17.3 Å². The SMILES string of the molecule is COC1C2CC3(Cc4ccc(Br)cc4C34NC(=O)NC4=O)CC21. The molecule has 2 spiro atoms. The molecule has 23 heavy (non-hydrogen) atoms. The predicted molar refractivity (Wildman–Crippen MR) is 85.6 cm³/mol. The second kappa shape index (κ2) is 4.16. The highest BCUT2D eigenvalue weighted by Crippen LogP contribution is 2.70. The van der Waals surface area contributed by atoms with Gasteiger partial charge in [-0.15, -0.1) is 0 Å². The van der Waals surface area contributed by atoms with E-state index in [1.54, 1.807) is 7.11 Å². The third-order valence-corrected chi connectivity index (χ3v) is 6.94. The number of hydrogen-bond acceptors (Lipinski definition) is 3. The van der Waals surface area contributed by atoms with Crippen LogP contribution in [0.5, 0.6) is 0 Å². The lowest BCUT2D eigenvalue weighted by molar-refractivity contribution is -0.129. The summed E-state index contributed by atoms with van der Waals surface area (Å²) in [5.41, 5.74) is 0.970. The van der Waals surface area contributed by atoms with Crippen molar-refractivity contribution in [1.29, 1.82) is 0 Å². The normalized spacial score (nSPS) is 42.8. The molecule has 3 atom stereocenters. The van der Waals surface area contributed by atoms with Crippen molar-refractivity contribution in [2.45, 2.75) is 30.9 Å². The molecule has 6 heteroatoms. The van der Waals surface area contributed by atoms with Crippen LogP contribution in [0.3, 0.4) is 0 Å². The third kappa shape index (κ3) is 1.51. The van der Waals surface area contributed by atoms with Crippen LogP contribution in [0.2, 0.25) is 0 Å². The molecule has 5 rings (SSSR count). The number of benzene rings is 1. The molecule has 5 nitrogen and oxygen atoms in total. The molecule has 3 amide bonds. The Morgan fingerprint density at radius 3 is 2.61 bits per heavy atom. The quantitative estimate of drug-likeness (QED) is 0.737. The molecule has 4 aliphatic rings. The lowest BCUT2D eigenvalue weighted by Crippen LogP contribution is -2.55. The van der Waals surface area contributed by atoms with Gasteiger partial charge in [0.05, 0.1) is 6.10 Å². The Labute approximate surface area is 142 Å². The maximum absolute atomic E-state index is 12.9. The van der Waals surface area contributed by atoms with Gasteiger partial charge in [0, 0.05) is 17.0 Å². The summed E-state index contributed by atoms with van der Waals surface area (Å²) in [5.74, 6) is 0.828. The van der Waals surface area contributed by atoms with Crippen LogP contribution in [-0.2, 0) is 21.5 Å². The van der Waals surface area contributed by atoms with Gasteiger partial charge in [-0.3, -0.25) is 10.1 Å². The third-order valence-electron chi connectivity index (χ3n) is 6.45. The van der Waals surface area contributed by atoms with Crippen LogP contribution in [0.15, 0.2) is 22.7 Å². The van der Waals surface area contributed by atoms with Gasteiger partial charge < -0.3 is 10.1 Å². The van der Waals surface area contributed by atoms with Gasteiger partial charge in [0.15, 0.2) is 5.54 Å². The maximum Gasteiger partial charge on any atom is 0.322 e. The molecule has 1 aromatic carbocycles. The zero-order chi connectivity index (χ0) is 16.0. The number of methoxy groups -OCH3 is 1. The van der Waals surface area contributed by atoms with Gasteiger partial charge in [-0.05, 0) is 54.4 Å². The second-order valence-corrected chi connectivity index (χ2v) is 8.27. The number of ether oxygens (including phenoxy) is 1. The number of hydrogen-bond donors (Lipinski definition) is 2. The topological polar surface area (TPSA) is 67.4 Å². The van der Waals surface area contributed by atoms with E-state index in [1.807, 2.05) is 12.1 Å². The lowest BCUT2D eigenvalue weighted by atomic mass is 9.66. The average Bonchev–Trinajstić information content (AvgIpc) is 2.80. The standard InChI is InChI=1S/C17H17BrN2O3/c1-23-13-10-6-16(7-11(10)13)5-8-2-3-9(18)4-12(8)17(16)14(21)19-15(22)20-17/h2-4,10-11,13H,5-7H2,1H3,(H2,19,20,21,22). The van der Waals surface area contributed by atoms with Gasteiger partial charge >= 0.3 is 6.03 Å². The minimum atomic E-state index is -0.922. The Bertz CT molecular complexity index is 752. The molecule has 2 N–H and O–H groups in total. The molecule has 1 heterocycles. The van der Waals surface area contributed by atoms with E-state index < -0.39 is 5.54 Å². The Morgan fingerprint density at radius 2 is 2.00 bits per heavy atom. The van der Waals surface area contributed by atoms with E-state index in [0.717, 1.165) is 29.3 Å². The van der Waals surface area contributed by atoms with Crippen LogP contribution in [0.1, 0.15) is 24.0 Å². The molecule has 3 aliphatic carbocycles. The van der Waals surface area contributed by atoms with Gasteiger partial charge in [0.25, 0.3) is 5.91 Å². The molecule has 3 unspecified atom stereocenters. The van der Waals surface area contributed by atoms with E-state index in [4.69, 9.17) is 4.74 Å². The summed E-state index contributed by atoms with van der Waals surface area (Å²) < 4.78 is 6.46. The predicted octanol–water partition coefficient (Wildman–Crippen LogP) is 2.08. The average molecular weight is 377 g/mol. The molecular formula is C17H17BrN2O3. The van der Waals surface area contributed by atoms with E-state index in [2.05, 4.69) is 32.6 Å². The van der Waals surface area contributed by atoms with Crippen molar-refractivity contribution in [2.75, 3.05) is 7.11 Å². The van der Waals surface area contributed by atoms with Crippen molar-refractivity contribution < 1.29 is 14.3 Å². The first-order valence-electron chi connectivity index (χ1n) is 7.96. The number of carbonyl (C=O) groups is 2. The summed E-state index contributed by atoms with van der Waals surface area (Å²) in [6.45, 7) is 0. The zero-order valence-electron chi connectivity index (χ0n) is 12.7. The minimum absolute atomic E-state index is 0.199. The van der Waals surface area contributed by atoms with Gasteiger partial charge in [-0.1, -0.05) is 22.0 Å². The van der Waals surface area contributed by atoms with Crippen molar-refractivity contribution in [1.82, 2.24) is 10.6 Å². The van der Waals surface area contributed by atoms with E-state index in [9.17, 15) is 9.59 Å². The number of imide groups is 1. The number of urea groups is 1. The van der Waals surface area contributed by atoms with Crippen LogP contribution in [-0.4, -0.2) is 25.2 Å². The highest BCUT2D eigenvalue weighted by molar-refractivity contribution is 9.10. The number of carbonyl (C=O) groups excluding carboxylic acids is 2. The fraction of sp³-hybridized carbons (Fsp3) is 0.529. The van der Waals surface area contributed by atoms with Crippen molar-refractivity contribution in [3.05, 3.63) is 33.8 Å². The van der Waals surface area contributed by atoms with Crippen molar-refractivity contribution >= 4 is 27.9 Å². The number of nitrogens with one attached hydrogen (secondary N) is 2. The lowest BCUT2D eigenvalue weighted by Gasteiger charge is -2.40. The molecule has 0 radical (unpaired) electrons. The Balaban J connectivity index is 1.66. The first-order chi connectivity index (χ1) is 11.0. The molecule has 1 saturated heterocycles. The first kappa shape index (κ1) is 14.0. The van der Waals surface area contributed by atoms with E-state index in [-0.39, 0.29) is 17.4 Å². The van der Waals surface area contributed by atoms with Gasteiger partial charge in [-0.25, -0.2) is 4.79 Å². The fourth-order valence-electron chi connectivity index (χ4n) is 5.58. The van der Waals surface area contributed by atoms with Crippen LogP contribution < -0.4 is 10.6 Å². The molecular weight excluding hydrogens is 360 g/mol. The first-order valence-corrected chi connectivity index (χ1v) is 8.75. The summed E-state index contributed by atoms with van der Waals surface area (Å²) in [6.07, 6.45) is 3.02. The van der Waals surface area contributed by atoms with Gasteiger partial charge in [0.1, 0.15) is 0 Å². The Hall–Kier alpha value is -1.40. The number of fused-ring (bicyclic) bond motifs is 4. The number of amides is 3. The maximum atomic E-state index is 12.9. The van der Waals surface area contributed by atoms with E-state index >= 15 is 0 Å². The highest BCUT2D eigenvalue weighted by atomic mass is 79.9. The van der Waals surface area contributed by atoms with E-state index in [0.29, 0.717) is 17.9 Å². The summed E-state index contributed by atoms with van der Waals surface area (Å²) >= 11 is 3.50. The van der Waals surface area contributed by atoms with Crippen molar-refractivity contribution in [3.63, 3.8) is 0 Å². The molecule has 2 saturated carbocycles. The fourth-order valence-corrected chi connectivity index (χ4v) is 5.94. The smallest absolute Gasteiger partial charge is 0.322 e. The molecule has 120 valence electrons. The summed E-state index contributed by atoms with van der Waals surface area (Å²) in [7, 11) is 1.76. The monoisotopic (exact) mass is 376 g/mol. The summed E-state index contributed by atoms with van der Waals surface area (Å²) in [5, 5.41) is 5.49. The zero-order valence-corrected chi connectivity index (χ0v) is 14.3. The molecule has 1 aliphatic heterocycles. The van der Waals surface area contributed by atoms with Crippen LogP contribution in [0.4, 0.5) is 4.79 Å².